The van der Waals surface area contributed by atoms with Crippen molar-refractivity contribution in [1.82, 2.24) is 14.8 Å². The molecule has 0 aliphatic carbocycles. The second kappa shape index (κ2) is 10.7. The summed E-state index contributed by atoms with van der Waals surface area (Å²) in [5.41, 5.74) is 1.85. The number of fused-ring (bicyclic) bond motifs is 1. The summed E-state index contributed by atoms with van der Waals surface area (Å²) in [4.78, 5) is 33.5. The fourth-order valence-corrected chi connectivity index (χ4v) is 3.99. The van der Waals surface area contributed by atoms with Crippen LogP contribution in [0.1, 0.15) is 37.6 Å². The van der Waals surface area contributed by atoms with Crippen molar-refractivity contribution in [2.75, 3.05) is 33.9 Å². The first-order valence-electron chi connectivity index (χ1n) is 11.3. The van der Waals surface area contributed by atoms with Gasteiger partial charge in [0.2, 0.25) is 11.8 Å². The predicted octanol–water partition coefficient (Wildman–Crippen LogP) is 2.85. The molecule has 8 heteroatoms. The Kier molecular flexibility index (Phi) is 7.92. The van der Waals surface area contributed by atoms with Crippen molar-refractivity contribution < 1.29 is 24.2 Å². The fourth-order valence-electron chi connectivity index (χ4n) is 3.99. The van der Waals surface area contributed by atoms with E-state index in [1.54, 1.807) is 36.2 Å². The van der Waals surface area contributed by atoms with Crippen molar-refractivity contribution in [3.63, 3.8) is 0 Å². The van der Waals surface area contributed by atoms with Gasteiger partial charge in [-0.05, 0) is 19.1 Å². The molecule has 8 nitrogen and oxygen atoms in total. The maximum absolute atomic E-state index is 13.6. The zero-order valence-electron chi connectivity index (χ0n) is 19.9. The van der Waals surface area contributed by atoms with Gasteiger partial charge in [0.05, 0.1) is 26.3 Å². The number of hydrogen-bond donors (Lipinski definition) is 1. The molecule has 0 bridgehead atoms. The number of ether oxygens (including phenoxy) is 2. The van der Waals surface area contributed by atoms with Crippen molar-refractivity contribution in [1.29, 1.82) is 0 Å². The second-order valence-electron chi connectivity index (χ2n) is 8.53. The largest absolute Gasteiger partial charge is 0.496 e. The number of methoxy groups -OCH3 is 1. The molecule has 33 heavy (non-hydrogen) atoms. The quantitative estimate of drug-likeness (QED) is 0.690. The van der Waals surface area contributed by atoms with Gasteiger partial charge >= 0.3 is 0 Å². The summed E-state index contributed by atoms with van der Waals surface area (Å²) in [6, 6.07) is 8.90. The summed E-state index contributed by atoms with van der Waals surface area (Å²) in [7, 11) is 3.35. The SMILES string of the molecule is CCC(=O)N(C)C[C@H]1Oc2ncc(-c3ccccc3OC)cc2C(=O)N([C@H](C)CO)C[C@@H]1C. The molecule has 1 aromatic heterocycles. The summed E-state index contributed by atoms with van der Waals surface area (Å²) < 4.78 is 11.7. The number of aromatic nitrogens is 1. The molecule has 0 spiro atoms. The molecule has 1 N–H and O–H groups in total. The lowest BCUT2D eigenvalue weighted by molar-refractivity contribution is -0.131. The highest BCUT2D eigenvalue weighted by Crippen LogP contribution is 2.34. The van der Waals surface area contributed by atoms with Gasteiger partial charge in [0, 0.05) is 43.3 Å². The molecule has 2 amide bonds. The minimum absolute atomic E-state index is 0.0178. The molecule has 2 heterocycles. The van der Waals surface area contributed by atoms with Gasteiger partial charge < -0.3 is 24.4 Å². The highest BCUT2D eigenvalue weighted by molar-refractivity contribution is 5.98. The molecule has 0 unspecified atom stereocenters. The van der Waals surface area contributed by atoms with Crippen molar-refractivity contribution in [3.05, 3.63) is 42.1 Å². The van der Waals surface area contributed by atoms with E-state index < -0.39 is 0 Å². The number of benzene rings is 1. The molecule has 0 radical (unpaired) electrons. The number of nitrogens with zero attached hydrogens (tertiary/aromatic N) is 3. The van der Waals surface area contributed by atoms with Gasteiger partial charge in [-0.15, -0.1) is 0 Å². The molecular weight excluding hydrogens is 422 g/mol. The minimum Gasteiger partial charge on any atom is -0.496 e. The number of rotatable bonds is 7. The van der Waals surface area contributed by atoms with Crippen LogP contribution in [0.15, 0.2) is 36.5 Å². The number of carbonyl (C=O) groups excluding carboxylic acids is 2. The lowest BCUT2D eigenvalue weighted by Crippen LogP contribution is -2.50. The maximum atomic E-state index is 13.6. The standard InChI is InChI=1S/C25H33N3O5/c1-6-23(30)27(4)14-22-16(2)13-28(17(3)15-29)25(31)20-11-18(12-26-24(20)33-22)19-9-7-8-10-21(19)32-5/h7-12,16-17,22,29H,6,13-15H2,1-5H3/t16-,17+,22+/m0/s1. The number of hydrogen-bond acceptors (Lipinski definition) is 6. The van der Waals surface area contributed by atoms with E-state index in [0.29, 0.717) is 30.8 Å². The van der Waals surface area contributed by atoms with Crippen molar-refractivity contribution in [2.24, 2.45) is 5.92 Å². The lowest BCUT2D eigenvalue weighted by atomic mass is 9.99. The monoisotopic (exact) mass is 455 g/mol. The predicted molar refractivity (Wildman–Crippen MR) is 125 cm³/mol. The van der Waals surface area contributed by atoms with E-state index in [9.17, 15) is 14.7 Å². The number of likely N-dealkylation sites (N-methyl/N-ethyl adjacent to an activating group) is 1. The third-order valence-corrected chi connectivity index (χ3v) is 6.12. The average Bonchev–Trinajstić information content (AvgIpc) is 2.84. The summed E-state index contributed by atoms with van der Waals surface area (Å²) in [5, 5.41) is 9.81. The van der Waals surface area contributed by atoms with Crippen LogP contribution in [0.2, 0.25) is 0 Å². The van der Waals surface area contributed by atoms with Gasteiger partial charge in [-0.3, -0.25) is 9.59 Å². The smallest absolute Gasteiger partial charge is 0.259 e. The van der Waals surface area contributed by atoms with Crippen LogP contribution < -0.4 is 9.47 Å². The van der Waals surface area contributed by atoms with E-state index in [-0.39, 0.29) is 42.4 Å². The first-order chi connectivity index (χ1) is 15.8. The normalized spacial score (nSPS) is 19.1. The Hall–Kier alpha value is -3.13. The van der Waals surface area contributed by atoms with Crippen molar-refractivity contribution in [3.8, 4) is 22.8 Å². The number of carbonyl (C=O) groups is 2. The van der Waals surface area contributed by atoms with E-state index in [1.807, 2.05) is 45.0 Å². The molecule has 178 valence electrons. The summed E-state index contributed by atoms with van der Waals surface area (Å²) in [5.74, 6) is 0.579. The molecule has 2 aromatic rings. The molecule has 1 aromatic carbocycles. The van der Waals surface area contributed by atoms with Crippen LogP contribution in [-0.4, -0.2) is 77.7 Å². The summed E-state index contributed by atoms with van der Waals surface area (Å²) in [6.45, 7) is 6.21. The number of aliphatic hydroxyl groups excluding tert-OH is 1. The molecule has 0 saturated carbocycles. The lowest BCUT2D eigenvalue weighted by Gasteiger charge is -2.37. The Bertz CT molecular complexity index is 996. The first kappa shape index (κ1) is 24.5. The minimum atomic E-state index is -0.378. The van der Waals surface area contributed by atoms with Crippen molar-refractivity contribution in [2.45, 2.75) is 39.3 Å². The summed E-state index contributed by atoms with van der Waals surface area (Å²) in [6.07, 6.45) is 1.70. The van der Waals surface area contributed by atoms with Crippen LogP contribution in [0.5, 0.6) is 11.6 Å². The number of pyridine rings is 1. The number of para-hydroxylation sites is 1. The van der Waals surface area contributed by atoms with Crippen LogP contribution in [-0.2, 0) is 4.79 Å². The molecule has 3 rings (SSSR count). The molecule has 1 aliphatic rings. The Labute approximate surface area is 195 Å². The number of aliphatic hydroxyl groups is 1. The topological polar surface area (TPSA) is 92.2 Å². The molecular formula is C25H33N3O5. The Balaban J connectivity index is 2.07. The number of amides is 2. The second-order valence-corrected chi connectivity index (χ2v) is 8.53. The van der Waals surface area contributed by atoms with Gasteiger partial charge in [0.1, 0.15) is 17.4 Å². The molecule has 0 fully saturated rings. The molecule has 3 atom stereocenters. The Morgan fingerprint density at radius 3 is 2.76 bits per heavy atom. The van der Waals surface area contributed by atoms with E-state index >= 15 is 0 Å². The first-order valence-corrected chi connectivity index (χ1v) is 11.3. The third-order valence-electron chi connectivity index (χ3n) is 6.12. The highest BCUT2D eigenvalue weighted by atomic mass is 16.5. The third kappa shape index (κ3) is 5.27. The highest BCUT2D eigenvalue weighted by Gasteiger charge is 2.34. The zero-order valence-corrected chi connectivity index (χ0v) is 19.9. The molecule has 1 aliphatic heterocycles. The van der Waals surface area contributed by atoms with Crippen LogP contribution in [0, 0.1) is 5.92 Å². The Morgan fingerprint density at radius 1 is 1.36 bits per heavy atom. The van der Waals surface area contributed by atoms with Crippen LogP contribution in [0.3, 0.4) is 0 Å². The van der Waals surface area contributed by atoms with Gasteiger partial charge in [0.25, 0.3) is 5.91 Å². The van der Waals surface area contributed by atoms with Crippen LogP contribution >= 0.6 is 0 Å². The van der Waals surface area contributed by atoms with Crippen LogP contribution in [0.25, 0.3) is 11.1 Å². The van der Waals surface area contributed by atoms with E-state index in [0.717, 1.165) is 11.1 Å². The molecule has 0 saturated heterocycles. The van der Waals surface area contributed by atoms with Gasteiger partial charge in [-0.1, -0.05) is 32.0 Å². The van der Waals surface area contributed by atoms with E-state index in [1.165, 1.54) is 0 Å². The fraction of sp³-hybridized carbons (Fsp3) is 0.480. The van der Waals surface area contributed by atoms with Gasteiger partial charge in [-0.25, -0.2) is 4.98 Å². The van der Waals surface area contributed by atoms with Gasteiger partial charge in [0.15, 0.2) is 0 Å². The van der Waals surface area contributed by atoms with E-state index in [2.05, 4.69) is 4.98 Å². The Morgan fingerprint density at radius 2 is 2.09 bits per heavy atom. The van der Waals surface area contributed by atoms with Crippen molar-refractivity contribution >= 4 is 11.8 Å². The zero-order chi connectivity index (χ0) is 24.1. The summed E-state index contributed by atoms with van der Waals surface area (Å²) >= 11 is 0. The van der Waals surface area contributed by atoms with E-state index in [4.69, 9.17) is 9.47 Å². The average molecular weight is 456 g/mol. The van der Waals surface area contributed by atoms with Gasteiger partial charge in [-0.2, -0.15) is 0 Å². The maximum Gasteiger partial charge on any atom is 0.259 e. The van der Waals surface area contributed by atoms with Crippen LogP contribution in [0.4, 0.5) is 0 Å².